The van der Waals surface area contributed by atoms with Crippen LogP contribution in [0.1, 0.15) is 23.2 Å². The van der Waals surface area contributed by atoms with Crippen molar-refractivity contribution >= 4 is 0 Å². The van der Waals surface area contributed by atoms with Gasteiger partial charge in [0.25, 0.3) is 0 Å². The van der Waals surface area contributed by atoms with Crippen LogP contribution in [0.15, 0.2) is 36.5 Å². The van der Waals surface area contributed by atoms with Crippen LogP contribution < -0.4 is 9.47 Å². The average molecular weight is 353 g/mol. The van der Waals surface area contributed by atoms with E-state index in [2.05, 4.69) is 53.1 Å². The molecule has 4 rings (SSSR count). The van der Waals surface area contributed by atoms with Crippen LogP contribution in [-0.4, -0.2) is 54.7 Å². The Balaban J connectivity index is 1.32. The number of fused-ring (bicyclic) bond motifs is 1. The van der Waals surface area contributed by atoms with Gasteiger partial charge in [0.2, 0.25) is 0 Å². The third kappa shape index (κ3) is 4.17. The van der Waals surface area contributed by atoms with Crippen LogP contribution in [0.2, 0.25) is 0 Å². The Morgan fingerprint density at radius 1 is 1.27 bits per heavy atom. The van der Waals surface area contributed by atoms with Gasteiger partial charge in [0.05, 0.1) is 12.3 Å². The first-order valence-corrected chi connectivity index (χ1v) is 9.39. The van der Waals surface area contributed by atoms with Gasteiger partial charge in [-0.2, -0.15) is 0 Å². The van der Waals surface area contributed by atoms with Crippen molar-refractivity contribution in [1.29, 1.82) is 0 Å². The number of ether oxygens (including phenoxy) is 2. The molecule has 1 aromatic heterocycles. The number of pyridine rings is 1. The molecule has 1 saturated heterocycles. The van der Waals surface area contributed by atoms with Crippen molar-refractivity contribution in [2.45, 2.75) is 32.0 Å². The Kier molecular flexibility index (Phi) is 5.09. The third-order valence-corrected chi connectivity index (χ3v) is 4.96. The molecule has 2 aliphatic rings. The van der Waals surface area contributed by atoms with Gasteiger partial charge < -0.3 is 14.4 Å². The predicted octanol–water partition coefficient (Wildman–Crippen LogP) is 2.73. The monoisotopic (exact) mass is 353 g/mol. The summed E-state index contributed by atoms with van der Waals surface area (Å²) >= 11 is 0. The first-order valence-electron chi connectivity index (χ1n) is 9.39. The van der Waals surface area contributed by atoms with Crippen LogP contribution in [0.3, 0.4) is 0 Å². The van der Waals surface area contributed by atoms with Crippen molar-refractivity contribution in [3.05, 3.63) is 53.3 Å². The van der Waals surface area contributed by atoms with Crippen molar-refractivity contribution in [3.63, 3.8) is 0 Å². The first kappa shape index (κ1) is 17.3. The molecule has 0 spiro atoms. The quantitative estimate of drug-likeness (QED) is 0.798. The zero-order valence-electron chi connectivity index (χ0n) is 15.6. The largest absolute Gasteiger partial charge is 0.493 e. The summed E-state index contributed by atoms with van der Waals surface area (Å²) in [4.78, 5) is 9.00. The van der Waals surface area contributed by atoms with Crippen molar-refractivity contribution in [1.82, 2.24) is 14.8 Å². The molecule has 1 unspecified atom stereocenters. The topological polar surface area (TPSA) is 37.8 Å². The summed E-state index contributed by atoms with van der Waals surface area (Å²) in [6, 6.07) is 10.6. The molecular formula is C21H27N3O2. The molecule has 138 valence electrons. The van der Waals surface area contributed by atoms with Crippen molar-refractivity contribution in [2.75, 3.05) is 33.8 Å². The smallest absolute Gasteiger partial charge is 0.123 e. The normalized spacial score (nSPS) is 19.6. The highest BCUT2D eigenvalue weighted by Gasteiger charge is 2.24. The Morgan fingerprint density at radius 2 is 2.19 bits per heavy atom. The molecule has 0 saturated carbocycles. The van der Waals surface area contributed by atoms with E-state index in [1.807, 2.05) is 12.3 Å². The number of likely N-dealkylation sites (tertiary alicyclic amines) is 1. The van der Waals surface area contributed by atoms with Crippen LogP contribution in [0.5, 0.6) is 11.5 Å². The van der Waals surface area contributed by atoms with Crippen LogP contribution in [-0.2, 0) is 19.5 Å². The van der Waals surface area contributed by atoms with Crippen LogP contribution in [0.4, 0.5) is 0 Å². The van der Waals surface area contributed by atoms with Crippen molar-refractivity contribution in [2.24, 2.45) is 0 Å². The van der Waals surface area contributed by atoms with Gasteiger partial charge in [-0.15, -0.1) is 0 Å². The summed E-state index contributed by atoms with van der Waals surface area (Å²) in [6.45, 7) is 4.68. The molecule has 1 aromatic carbocycles. The second-order valence-electron chi connectivity index (χ2n) is 7.52. The van der Waals surface area contributed by atoms with Gasteiger partial charge in [-0.25, -0.2) is 0 Å². The Hall–Kier alpha value is -2.11. The van der Waals surface area contributed by atoms with Gasteiger partial charge in [-0.3, -0.25) is 9.88 Å². The van der Waals surface area contributed by atoms with Gasteiger partial charge in [-0.05, 0) is 43.8 Å². The highest BCUT2D eigenvalue weighted by molar-refractivity contribution is 5.39. The van der Waals surface area contributed by atoms with E-state index in [0.29, 0.717) is 0 Å². The maximum Gasteiger partial charge on any atom is 0.123 e. The molecule has 2 aliphatic heterocycles. The van der Waals surface area contributed by atoms with Crippen LogP contribution in [0, 0.1) is 0 Å². The Morgan fingerprint density at radius 3 is 3.08 bits per heavy atom. The minimum absolute atomic E-state index is 0.252. The molecule has 1 fully saturated rings. The predicted molar refractivity (Wildman–Crippen MR) is 102 cm³/mol. The lowest BCUT2D eigenvalue weighted by Gasteiger charge is -2.18. The van der Waals surface area contributed by atoms with Gasteiger partial charge in [-0.1, -0.05) is 12.1 Å². The number of aromatic nitrogens is 1. The molecule has 0 N–H and O–H groups in total. The van der Waals surface area contributed by atoms with E-state index in [0.717, 1.165) is 62.8 Å². The molecule has 1 atom stereocenters. The van der Waals surface area contributed by atoms with E-state index in [4.69, 9.17) is 9.47 Å². The van der Waals surface area contributed by atoms with E-state index in [1.165, 1.54) is 11.1 Å². The molecular weight excluding hydrogens is 326 g/mol. The number of hydrogen-bond acceptors (Lipinski definition) is 5. The average Bonchev–Trinajstić information content (AvgIpc) is 3.23. The van der Waals surface area contributed by atoms with Gasteiger partial charge in [0.15, 0.2) is 0 Å². The molecule has 0 amide bonds. The molecule has 26 heavy (non-hydrogen) atoms. The van der Waals surface area contributed by atoms with Gasteiger partial charge >= 0.3 is 0 Å². The second kappa shape index (κ2) is 7.64. The SMILES string of the molecule is CN(C)Cc1cc(OC2CCN(Cc3ccc4c(c3)CCO4)C2)ccn1. The maximum atomic E-state index is 6.22. The summed E-state index contributed by atoms with van der Waals surface area (Å²) in [5, 5.41) is 0. The molecule has 0 radical (unpaired) electrons. The molecule has 5 heteroatoms. The molecule has 2 aromatic rings. The molecule has 3 heterocycles. The summed E-state index contributed by atoms with van der Waals surface area (Å²) < 4.78 is 11.8. The zero-order valence-corrected chi connectivity index (χ0v) is 15.6. The number of nitrogens with zero attached hydrogens (tertiary/aromatic N) is 3. The zero-order chi connectivity index (χ0) is 17.9. The van der Waals surface area contributed by atoms with Crippen molar-refractivity contribution < 1.29 is 9.47 Å². The summed E-state index contributed by atoms with van der Waals surface area (Å²) in [5.41, 5.74) is 3.76. The van der Waals surface area contributed by atoms with Gasteiger partial charge in [0.1, 0.15) is 17.6 Å². The third-order valence-electron chi connectivity index (χ3n) is 4.96. The van der Waals surface area contributed by atoms with Gasteiger partial charge in [0, 0.05) is 44.9 Å². The first-order chi connectivity index (χ1) is 12.7. The van der Waals surface area contributed by atoms with Crippen LogP contribution >= 0.6 is 0 Å². The molecule has 5 nitrogen and oxygen atoms in total. The Labute approximate surface area is 155 Å². The maximum absolute atomic E-state index is 6.22. The van der Waals surface area contributed by atoms with E-state index in [-0.39, 0.29) is 6.10 Å². The summed E-state index contributed by atoms with van der Waals surface area (Å²) in [6.07, 6.45) is 4.20. The fourth-order valence-corrected chi connectivity index (χ4v) is 3.77. The fraction of sp³-hybridized carbons (Fsp3) is 0.476. The van der Waals surface area contributed by atoms with E-state index in [1.54, 1.807) is 0 Å². The van der Waals surface area contributed by atoms with E-state index >= 15 is 0 Å². The number of benzene rings is 1. The van der Waals surface area contributed by atoms with Crippen LogP contribution in [0.25, 0.3) is 0 Å². The second-order valence-corrected chi connectivity index (χ2v) is 7.52. The standard InChI is InChI=1S/C21H27N3O2/c1-23(2)14-18-12-19(5-8-22-18)26-20-6-9-24(15-20)13-16-3-4-21-17(11-16)7-10-25-21/h3-5,8,11-12,20H,6-7,9-10,13-15H2,1-2H3. The van der Waals surface area contributed by atoms with E-state index < -0.39 is 0 Å². The minimum atomic E-state index is 0.252. The fourth-order valence-electron chi connectivity index (χ4n) is 3.77. The highest BCUT2D eigenvalue weighted by atomic mass is 16.5. The number of rotatable bonds is 6. The minimum Gasteiger partial charge on any atom is -0.493 e. The lowest BCUT2D eigenvalue weighted by atomic mass is 10.1. The summed E-state index contributed by atoms with van der Waals surface area (Å²) in [5.74, 6) is 1.99. The molecule has 0 aliphatic carbocycles. The Bertz CT molecular complexity index is 763. The highest BCUT2D eigenvalue weighted by Crippen LogP contribution is 2.27. The van der Waals surface area contributed by atoms with E-state index in [9.17, 15) is 0 Å². The number of hydrogen-bond donors (Lipinski definition) is 0. The lowest BCUT2D eigenvalue weighted by Crippen LogP contribution is -2.24. The lowest BCUT2D eigenvalue weighted by molar-refractivity contribution is 0.198. The molecule has 0 bridgehead atoms. The van der Waals surface area contributed by atoms with Crippen molar-refractivity contribution in [3.8, 4) is 11.5 Å². The summed E-state index contributed by atoms with van der Waals surface area (Å²) in [7, 11) is 4.10.